The highest BCUT2D eigenvalue weighted by Crippen LogP contribution is 2.21. The zero-order chi connectivity index (χ0) is 17.8. The molecule has 1 unspecified atom stereocenters. The third-order valence-corrected chi connectivity index (χ3v) is 5.34. The maximum atomic E-state index is 12.8. The monoisotopic (exact) mass is 453 g/mol. The lowest BCUT2D eigenvalue weighted by molar-refractivity contribution is 0.0390. The molecule has 0 aliphatic heterocycles. The molecule has 0 spiro atoms. The number of amides is 1. The van der Waals surface area contributed by atoms with Crippen molar-refractivity contribution >= 4 is 38.7 Å². The quantitative estimate of drug-likeness (QED) is 0.497. The second-order valence-electron chi connectivity index (χ2n) is 6.44. The normalized spacial score (nSPS) is 13.5. The van der Waals surface area contributed by atoms with Crippen molar-refractivity contribution in [2.24, 2.45) is 0 Å². The van der Waals surface area contributed by atoms with Gasteiger partial charge in [0, 0.05) is 10.5 Å². The highest BCUT2D eigenvalue weighted by atomic mass is 127. The highest BCUT2D eigenvalue weighted by Gasteiger charge is 2.32. The summed E-state index contributed by atoms with van der Waals surface area (Å²) in [4.78, 5) is 12.5. The van der Waals surface area contributed by atoms with Crippen LogP contribution in [0.1, 0.15) is 39.7 Å². The van der Waals surface area contributed by atoms with Crippen LogP contribution in [0.2, 0.25) is 0 Å². The molecule has 1 atom stereocenters. The lowest BCUT2D eigenvalue weighted by atomic mass is 10.2. The van der Waals surface area contributed by atoms with E-state index in [9.17, 15) is 13.2 Å². The van der Waals surface area contributed by atoms with Crippen LogP contribution in [0.4, 0.5) is 4.79 Å². The summed E-state index contributed by atoms with van der Waals surface area (Å²) in [5, 5.41) is 0. The van der Waals surface area contributed by atoms with Crippen molar-refractivity contribution in [3.8, 4) is 0 Å². The number of halogens is 1. The van der Waals surface area contributed by atoms with Gasteiger partial charge in [0.2, 0.25) is 0 Å². The largest absolute Gasteiger partial charge is 0.443 e. The minimum Gasteiger partial charge on any atom is -0.443 e. The molecule has 23 heavy (non-hydrogen) atoms. The molecule has 0 fully saturated rings. The third kappa shape index (κ3) is 6.29. The SMILES string of the molecule is Cc1ccc(S(=O)(=O)N(CCC(C)I)C(=O)OC(C)(C)C)cc1. The molecule has 0 saturated carbocycles. The molecule has 0 N–H and O–H groups in total. The fourth-order valence-corrected chi connectivity index (χ4v) is 3.35. The molecular formula is C16H24INO4S. The van der Waals surface area contributed by atoms with E-state index in [1.54, 1.807) is 32.9 Å². The first-order valence-electron chi connectivity index (χ1n) is 7.40. The molecule has 7 heteroatoms. The average Bonchev–Trinajstić information content (AvgIpc) is 2.36. The number of sulfonamides is 1. The molecule has 5 nitrogen and oxygen atoms in total. The van der Waals surface area contributed by atoms with E-state index < -0.39 is 21.7 Å². The maximum absolute atomic E-state index is 12.8. The van der Waals surface area contributed by atoms with Crippen LogP contribution in [0.15, 0.2) is 29.2 Å². The van der Waals surface area contributed by atoms with E-state index in [1.165, 1.54) is 12.1 Å². The predicted octanol–water partition coefficient (Wildman–Crippen LogP) is 4.13. The van der Waals surface area contributed by atoms with Crippen molar-refractivity contribution < 1.29 is 17.9 Å². The van der Waals surface area contributed by atoms with E-state index in [0.29, 0.717) is 6.42 Å². The molecule has 0 aliphatic rings. The summed E-state index contributed by atoms with van der Waals surface area (Å²) in [5.41, 5.74) is 0.197. The molecule has 1 aromatic carbocycles. The van der Waals surface area contributed by atoms with Crippen molar-refractivity contribution in [1.29, 1.82) is 0 Å². The van der Waals surface area contributed by atoms with Gasteiger partial charge in [-0.25, -0.2) is 17.5 Å². The van der Waals surface area contributed by atoms with Crippen LogP contribution in [0.3, 0.4) is 0 Å². The predicted molar refractivity (Wildman–Crippen MR) is 99.4 cm³/mol. The first kappa shape index (κ1) is 20.2. The lowest BCUT2D eigenvalue weighted by Gasteiger charge is -2.27. The van der Waals surface area contributed by atoms with Gasteiger partial charge in [0.15, 0.2) is 0 Å². The number of hydrogen-bond acceptors (Lipinski definition) is 4. The average molecular weight is 453 g/mol. The summed E-state index contributed by atoms with van der Waals surface area (Å²) in [6.45, 7) is 9.06. The summed E-state index contributed by atoms with van der Waals surface area (Å²) in [7, 11) is -3.93. The second-order valence-corrected chi connectivity index (χ2v) is 10.4. The number of benzene rings is 1. The van der Waals surface area contributed by atoms with Gasteiger partial charge in [-0.3, -0.25) is 0 Å². The zero-order valence-corrected chi connectivity index (χ0v) is 17.1. The number of carbonyl (C=O) groups is 1. The van der Waals surface area contributed by atoms with Crippen LogP contribution in [-0.2, 0) is 14.8 Å². The summed E-state index contributed by atoms with van der Waals surface area (Å²) in [5.74, 6) is 0. The molecular weight excluding hydrogens is 429 g/mol. The van der Waals surface area contributed by atoms with Gasteiger partial charge < -0.3 is 4.74 Å². The number of nitrogens with zero attached hydrogens (tertiary/aromatic N) is 1. The smallest absolute Gasteiger partial charge is 0.424 e. The van der Waals surface area contributed by atoms with Crippen LogP contribution in [-0.4, -0.2) is 34.9 Å². The van der Waals surface area contributed by atoms with Crippen LogP contribution in [0.25, 0.3) is 0 Å². The summed E-state index contributed by atoms with van der Waals surface area (Å²) in [6, 6.07) is 6.44. The van der Waals surface area contributed by atoms with Crippen molar-refractivity contribution in [3.05, 3.63) is 29.8 Å². The van der Waals surface area contributed by atoms with E-state index >= 15 is 0 Å². The first-order valence-corrected chi connectivity index (χ1v) is 10.1. The second kappa shape index (κ2) is 7.83. The minimum atomic E-state index is -3.93. The number of alkyl halides is 1. The van der Waals surface area contributed by atoms with Crippen LogP contribution < -0.4 is 0 Å². The molecule has 130 valence electrons. The molecule has 0 heterocycles. The third-order valence-electron chi connectivity index (χ3n) is 2.94. The van der Waals surface area contributed by atoms with Gasteiger partial charge in [0.05, 0.1) is 4.90 Å². The van der Waals surface area contributed by atoms with Crippen molar-refractivity contribution in [2.45, 2.75) is 55.5 Å². The van der Waals surface area contributed by atoms with Crippen molar-refractivity contribution in [2.75, 3.05) is 6.54 Å². The van der Waals surface area contributed by atoms with Gasteiger partial charge in [0.25, 0.3) is 10.0 Å². The van der Waals surface area contributed by atoms with Gasteiger partial charge in [-0.1, -0.05) is 47.2 Å². The molecule has 0 bridgehead atoms. The number of carbonyl (C=O) groups excluding carboxylic acids is 1. The van der Waals surface area contributed by atoms with Gasteiger partial charge in [-0.05, 0) is 46.2 Å². The lowest BCUT2D eigenvalue weighted by Crippen LogP contribution is -2.41. The number of ether oxygens (including phenoxy) is 1. The molecule has 0 aliphatic carbocycles. The fourth-order valence-electron chi connectivity index (χ4n) is 1.76. The molecule has 0 aromatic heterocycles. The fraction of sp³-hybridized carbons (Fsp3) is 0.562. The van der Waals surface area contributed by atoms with Gasteiger partial charge in [-0.2, -0.15) is 0 Å². The Bertz CT molecular complexity index is 633. The zero-order valence-electron chi connectivity index (χ0n) is 14.2. The molecule has 0 radical (unpaired) electrons. The topological polar surface area (TPSA) is 63.7 Å². The number of rotatable bonds is 5. The number of hydrogen-bond donors (Lipinski definition) is 0. The van der Waals surface area contributed by atoms with Crippen LogP contribution in [0, 0.1) is 6.92 Å². The molecule has 0 saturated heterocycles. The van der Waals surface area contributed by atoms with E-state index in [2.05, 4.69) is 22.6 Å². The van der Waals surface area contributed by atoms with E-state index in [4.69, 9.17) is 4.74 Å². The van der Waals surface area contributed by atoms with Gasteiger partial charge in [-0.15, -0.1) is 0 Å². The Morgan fingerprint density at radius 1 is 1.26 bits per heavy atom. The molecule has 1 rings (SSSR count). The standard InChI is InChI=1S/C16H24INO4S/c1-12-6-8-14(9-7-12)23(20,21)18(11-10-13(2)17)15(19)22-16(3,4)5/h6-9,13H,10-11H2,1-5H3. The van der Waals surface area contributed by atoms with Gasteiger partial charge in [0.1, 0.15) is 5.60 Å². The minimum absolute atomic E-state index is 0.0925. The molecule has 1 amide bonds. The maximum Gasteiger partial charge on any atom is 0.424 e. The van der Waals surface area contributed by atoms with Crippen molar-refractivity contribution in [3.63, 3.8) is 0 Å². The summed E-state index contributed by atoms with van der Waals surface area (Å²) >= 11 is 2.20. The van der Waals surface area contributed by atoms with Crippen LogP contribution >= 0.6 is 22.6 Å². The van der Waals surface area contributed by atoms with E-state index in [0.717, 1.165) is 9.87 Å². The number of aryl methyl sites for hydroxylation is 1. The summed E-state index contributed by atoms with van der Waals surface area (Å²) < 4.78 is 32.0. The first-order chi connectivity index (χ1) is 10.4. The van der Waals surface area contributed by atoms with Crippen LogP contribution in [0.5, 0.6) is 0 Å². The van der Waals surface area contributed by atoms with E-state index in [1.807, 2.05) is 13.8 Å². The Kier molecular flexibility index (Phi) is 6.88. The Balaban J connectivity index is 3.16. The van der Waals surface area contributed by atoms with E-state index in [-0.39, 0.29) is 15.4 Å². The van der Waals surface area contributed by atoms with Gasteiger partial charge >= 0.3 is 6.09 Å². The highest BCUT2D eigenvalue weighted by molar-refractivity contribution is 14.1. The Morgan fingerprint density at radius 2 is 1.78 bits per heavy atom. The Hall–Kier alpha value is -0.830. The molecule has 1 aromatic rings. The van der Waals surface area contributed by atoms with Crippen molar-refractivity contribution in [1.82, 2.24) is 4.31 Å². The summed E-state index contributed by atoms with van der Waals surface area (Å²) in [6.07, 6.45) is -0.277. The Morgan fingerprint density at radius 3 is 2.22 bits per heavy atom. The Labute approximate surface area is 152 Å².